The van der Waals surface area contributed by atoms with Crippen molar-refractivity contribution in [3.63, 3.8) is 0 Å². The van der Waals surface area contributed by atoms with E-state index in [0.29, 0.717) is 13.1 Å². The van der Waals surface area contributed by atoms with Crippen molar-refractivity contribution in [3.8, 4) is 0 Å². The second-order valence-electron chi connectivity index (χ2n) is 10.5. The number of hydrogen-bond donors (Lipinski definition) is 6. The predicted molar refractivity (Wildman–Crippen MR) is 153 cm³/mol. The molecule has 1 aromatic rings. The summed E-state index contributed by atoms with van der Waals surface area (Å²) in [5.41, 5.74) is 0.849. The van der Waals surface area contributed by atoms with Gasteiger partial charge in [-0.1, -0.05) is 30.3 Å². The number of likely N-dealkylation sites (N-methyl/N-ethyl adjacent to an activating group) is 1. The van der Waals surface area contributed by atoms with Gasteiger partial charge in [-0.05, 0) is 40.2 Å². The van der Waals surface area contributed by atoms with Gasteiger partial charge in [-0.3, -0.25) is 29.8 Å². The summed E-state index contributed by atoms with van der Waals surface area (Å²) in [5, 5.41) is 17.4. The van der Waals surface area contributed by atoms with Gasteiger partial charge in [0.05, 0.1) is 11.8 Å². The Labute approximate surface area is 233 Å². The Kier molecular flexibility index (Phi) is 10.5. The molecule has 210 valence electrons. The minimum atomic E-state index is -0.854. The largest absolute Gasteiger partial charge is 0.355 e. The monoisotopic (exact) mass is 564 g/mol. The second kappa shape index (κ2) is 13.2. The van der Waals surface area contributed by atoms with E-state index in [2.05, 4.69) is 31.9 Å². The molecule has 2 heterocycles. The molecule has 0 spiro atoms. The number of nitrogens with one attached hydrogen (secondary N) is 6. The average molecular weight is 565 g/mol. The highest BCUT2D eigenvalue weighted by molar-refractivity contribution is 8.01. The van der Waals surface area contributed by atoms with Crippen molar-refractivity contribution in [2.75, 3.05) is 25.5 Å². The van der Waals surface area contributed by atoms with Gasteiger partial charge in [-0.2, -0.15) is 0 Å². The summed E-state index contributed by atoms with van der Waals surface area (Å²) in [6.07, 6.45) is 0.152. The third-order valence-corrected chi connectivity index (χ3v) is 9.39. The second-order valence-corrected chi connectivity index (χ2v) is 13.9. The first-order chi connectivity index (χ1) is 17.9. The zero-order valence-corrected chi connectivity index (χ0v) is 24.3. The minimum absolute atomic E-state index is 0.0831. The molecule has 38 heavy (non-hydrogen) atoms. The lowest BCUT2D eigenvalue weighted by Gasteiger charge is -2.25. The van der Waals surface area contributed by atoms with E-state index in [0.717, 1.165) is 11.4 Å². The van der Waals surface area contributed by atoms with Gasteiger partial charge in [0, 0.05) is 35.0 Å². The molecular formula is C26H40N6O4S2. The minimum Gasteiger partial charge on any atom is -0.355 e. The molecule has 0 bridgehead atoms. The third kappa shape index (κ3) is 7.87. The van der Waals surface area contributed by atoms with Crippen molar-refractivity contribution < 1.29 is 19.2 Å². The number of benzene rings is 1. The maximum Gasteiger partial charge on any atom is 0.245 e. The topological polar surface area (TPSA) is 140 Å². The number of carbonyl (C=O) groups is 4. The van der Waals surface area contributed by atoms with Crippen molar-refractivity contribution in [1.29, 1.82) is 0 Å². The van der Waals surface area contributed by atoms with Crippen LogP contribution in [-0.2, 0) is 25.6 Å². The highest BCUT2D eigenvalue weighted by atomic mass is 32.2. The van der Waals surface area contributed by atoms with Crippen LogP contribution >= 0.6 is 23.5 Å². The van der Waals surface area contributed by atoms with Gasteiger partial charge in [-0.15, -0.1) is 23.5 Å². The highest BCUT2D eigenvalue weighted by Gasteiger charge is 2.49. The van der Waals surface area contributed by atoms with E-state index in [1.54, 1.807) is 11.8 Å². The van der Waals surface area contributed by atoms with Crippen LogP contribution in [0.1, 0.15) is 40.2 Å². The molecule has 0 radical (unpaired) electrons. The fourth-order valence-electron chi connectivity index (χ4n) is 4.54. The van der Waals surface area contributed by atoms with Gasteiger partial charge < -0.3 is 21.3 Å². The molecule has 0 aliphatic carbocycles. The first-order valence-electron chi connectivity index (χ1n) is 12.9. The number of rotatable bonds is 11. The molecule has 6 N–H and O–H groups in total. The van der Waals surface area contributed by atoms with Crippen molar-refractivity contribution in [1.82, 2.24) is 31.9 Å². The summed E-state index contributed by atoms with van der Waals surface area (Å²) in [7, 11) is 0. The maximum atomic E-state index is 13.1. The van der Waals surface area contributed by atoms with Crippen molar-refractivity contribution in [2.24, 2.45) is 0 Å². The molecule has 4 atom stereocenters. The van der Waals surface area contributed by atoms with E-state index in [1.807, 2.05) is 65.0 Å². The van der Waals surface area contributed by atoms with Gasteiger partial charge in [-0.25, -0.2) is 0 Å². The van der Waals surface area contributed by atoms with Gasteiger partial charge >= 0.3 is 0 Å². The van der Waals surface area contributed by atoms with E-state index < -0.39 is 22.2 Å². The predicted octanol–water partition coefficient (Wildman–Crippen LogP) is 0.333. The molecule has 3 rings (SSSR count). The van der Waals surface area contributed by atoms with E-state index in [9.17, 15) is 19.2 Å². The van der Waals surface area contributed by atoms with E-state index in [1.165, 1.54) is 11.8 Å². The molecule has 2 aliphatic heterocycles. The lowest BCUT2D eigenvalue weighted by molar-refractivity contribution is -0.129. The first-order valence-corrected chi connectivity index (χ1v) is 14.8. The smallest absolute Gasteiger partial charge is 0.245 e. The number of hydrogen-bond acceptors (Lipinski definition) is 8. The Bertz CT molecular complexity index is 1010. The summed E-state index contributed by atoms with van der Waals surface area (Å²) in [5.74, 6) is -0.151. The van der Waals surface area contributed by atoms with Gasteiger partial charge in [0.15, 0.2) is 0 Å². The lowest BCUT2D eigenvalue weighted by Crippen LogP contribution is -2.58. The Hall–Kier alpha value is -2.28. The fourth-order valence-corrected chi connectivity index (χ4v) is 7.02. The summed E-state index contributed by atoms with van der Waals surface area (Å²) >= 11 is 3.15. The van der Waals surface area contributed by atoms with E-state index in [4.69, 9.17) is 0 Å². The number of amides is 4. The van der Waals surface area contributed by atoms with Crippen molar-refractivity contribution in [3.05, 3.63) is 35.9 Å². The van der Waals surface area contributed by atoms with Crippen LogP contribution in [0.5, 0.6) is 0 Å². The number of carbonyl (C=O) groups excluding carboxylic acids is 4. The zero-order valence-electron chi connectivity index (χ0n) is 22.7. The van der Waals surface area contributed by atoms with Crippen molar-refractivity contribution in [2.45, 2.75) is 74.0 Å². The fraction of sp³-hybridized carbons (Fsp3) is 0.615. The quantitative estimate of drug-likeness (QED) is 0.212. The summed E-state index contributed by atoms with van der Waals surface area (Å²) in [6.45, 7) is 10.8. The molecule has 10 nitrogen and oxygen atoms in total. The normalized spacial score (nSPS) is 24.3. The summed E-state index contributed by atoms with van der Waals surface area (Å²) < 4.78 is -0.726. The standard InChI is InChI=1S/C26H40N6O4S2/c1-6-27-21(34)18(31-17(33)14-16-10-8-7-9-11-16)24-32-20(26(4,5)38-24)23(36)29-13-12-28-22(35)19-25(2,3)37-15-30-19/h7-11,18-20,24,30,32H,6,12-15H2,1-5H3,(H,27,34)(H,28,35)(H,29,36)(H,31,33)/t18-,19+,20+,24-/m1/s1. The molecule has 0 unspecified atom stereocenters. The third-order valence-electron chi connectivity index (χ3n) is 6.59. The van der Waals surface area contributed by atoms with Crippen LogP contribution in [0, 0.1) is 0 Å². The molecule has 0 aromatic heterocycles. The molecule has 12 heteroatoms. The Morgan fingerprint density at radius 3 is 2.16 bits per heavy atom. The van der Waals surface area contributed by atoms with E-state index >= 15 is 0 Å². The lowest BCUT2D eigenvalue weighted by atomic mass is 10.0. The van der Waals surface area contributed by atoms with E-state index in [-0.39, 0.29) is 47.4 Å². The Morgan fingerprint density at radius 1 is 0.947 bits per heavy atom. The molecule has 4 amide bonds. The van der Waals surface area contributed by atoms with Crippen molar-refractivity contribution >= 4 is 47.2 Å². The van der Waals surface area contributed by atoms with Crippen LogP contribution in [0.2, 0.25) is 0 Å². The van der Waals surface area contributed by atoms with Crippen LogP contribution in [0.4, 0.5) is 0 Å². The van der Waals surface area contributed by atoms with Crippen LogP contribution in [0.15, 0.2) is 30.3 Å². The van der Waals surface area contributed by atoms with Crippen LogP contribution in [-0.4, -0.2) is 82.1 Å². The maximum absolute atomic E-state index is 13.1. The average Bonchev–Trinajstić information content (AvgIpc) is 3.38. The SMILES string of the molecule is CCNC(=O)[C@@H](NC(=O)Cc1ccccc1)[C@@H]1N[C@@H](C(=O)NCCNC(=O)[C@@H]2NCSC2(C)C)C(C)(C)S1. The first kappa shape index (κ1) is 30.3. The summed E-state index contributed by atoms with van der Waals surface area (Å²) in [6, 6.07) is 7.60. The van der Waals surface area contributed by atoms with Gasteiger partial charge in [0.2, 0.25) is 23.6 Å². The Balaban J connectivity index is 1.55. The highest BCUT2D eigenvalue weighted by Crippen LogP contribution is 2.39. The zero-order chi connectivity index (χ0) is 27.9. The summed E-state index contributed by atoms with van der Waals surface area (Å²) in [4.78, 5) is 51.3. The molecule has 2 fully saturated rings. The van der Waals surface area contributed by atoms with Crippen LogP contribution in [0.25, 0.3) is 0 Å². The molecule has 2 saturated heterocycles. The molecule has 0 saturated carbocycles. The van der Waals surface area contributed by atoms with Gasteiger partial charge in [0.1, 0.15) is 18.1 Å². The Morgan fingerprint density at radius 2 is 1.58 bits per heavy atom. The van der Waals surface area contributed by atoms with Crippen LogP contribution < -0.4 is 31.9 Å². The van der Waals surface area contributed by atoms with Gasteiger partial charge in [0.25, 0.3) is 0 Å². The number of thioether (sulfide) groups is 2. The molecule has 2 aliphatic rings. The molecule has 1 aromatic carbocycles. The molecular weight excluding hydrogens is 524 g/mol. The van der Waals surface area contributed by atoms with Crippen LogP contribution in [0.3, 0.4) is 0 Å².